The van der Waals surface area contributed by atoms with Crippen LogP contribution in [-0.2, 0) is 19.1 Å². The van der Waals surface area contributed by atoms with Crippen molar-refractivity contribution >= 4 is 35.1 Å². The van der Waals surface area contributed by atoms with Gasteiger partial charge in [0.2, 0.25) is 0 Å². The molecule has 0 fully saturated rings. The summed E-state index contributed by atoms with van der Waals surface area (Å²) in [6.45, 7) is 1.83. The Kier molecular flexibility index (Phi) is 8.48. The number of rotatable bonds is 9. The number of esters is 2. The summed E-state index contributed by atoms with van der Waals surface area (Å²) < 4.78 is 15.1. The van der Waals surface area contributed by atoms with Gasteiger partial charge in [-0.25, -0.2) is 4.79 Å². The predicted molar refractivity (Wildman–Crippen MR) is 108 cm³/mol. The maximum Gasteiger partial charge on any atom is 0.337 e. The van der Waals surface area contributed by atoms with Crippen LogP contribution in [0, 0.1) is 6.92 Å². The van der Waals surface area contributed by atoms with Gasteiger partial charge in [0.25, 0.3) is 5.91 Å². The fourth-order valence-corrected chi connectivity index (χ4v) is 2.45. The lowest BCUT2D eigenvalue weighted by Gasteiger charge is -2.09. The van der Waals surface area contributed by atoms with Crippen LogP contribution in [0.4, 0.5) is 5.69 Å². The van der Waals surface area contributed by atoms with Crippen molar-refractivity contribution in [3.8, 4) is 5.75 Å². The summed E-state index contributed by atoms with van der Waals surface area (Å²) in [4.78, 5) is 34.9. The number of methoxy groups -OCH3 is 1. The van der Waals surface area contributed by atoms with Gasteiger partial charge in [0, 0.05) is 17.1 Å². The van der Waals surface area contributed by atoms with E-state index in [1.807, 2.05) is 13.0 Å². The molecule has 1 N–H and O–H groups in total. The van der Waals surface area contributed by atoms with E-state index in [1.165, 1.54) is 19.2 Å². The number of aryl methyl sites for hydroxylation is 1. The van der Waals surface area contributed by atoms with Crippen molar-refractivity contribution in [3.05, 3.63) is 58.6 Å². The minimum atomic E-state index is -0.489. The summed E-state index contributed by atoms with van der Waals surface area (Å²) in [5.74, 6) is -0.751. The van der Waals surface area contributed by atoms with Crippen molar-refractivity contribution in [1.29, 1.82) is 0 Å². The van der Waals surface area contributed by atoms with Crippen molar-refractivity contribution in [3.63, 3.8) is 0 Å². The summed E-state index contributed by atoms with van der Waals surface area (Å²) in [6.07, 6.45) is 0.588. The van der Waals surface area contributed by atoms with Crippen LogP contribution in [0.15, 0.2) is 42.5 Å². The Morgan fingerprint density at radius 1 is 1.07 bits per heavy atom. The van der Waals surface area contributed by atoms with Gasteiger partial charge in [0.15, 0.2) is 6.61 Å². The van der Waals surface area contributed by atoms with Gasteiger partial charge >= 0.3 is 11.9 Å². The first-order valence-corrected chi connectivity index (χ1v) is 9.29. The number of carbonyl (C=O) groups excluding carboxylic acids is 3. The van der Waals surface area contributed by atoms with E-state index in [-0.39, 0.29) is 6.42 Å². The second-order valence-corrected chi connectivity index (χ2v) is 6.55. The van der Waals surface area contributed by atoms with E-state index in [1.54, 1.807) is 24.3 Å². The zero-order valence-electron chi connectivity index (χ0n) is 16.2. The number of hydrogen-bond donors (Lipinski definition) is 1. The number of hydrogen-bond acceptors (Lipinski definition) is 6. The third-order valence-corrected chi connectivity index (χ3v) is 4.30. The fraction of sp³-hybridized carbons (Fsp3) is 0.286. The van der Waals surface area contributed by atoms with Crippen molar-refractivity contribution in [1.82, 2.24) is 0 Å². The molecule has 0 saturated heterocycles. The lowest BCUT2D eigenvalue weighted by molar-refractivity contribution is -0.147. The second-order valence-electron chi connectivity index (χ2n) is 6.14. The molecule has 2 aromatic carbocycles. The lowest BCUT2D eigenvalue weighted by atomic mass is 10.2. The molecular weight excluding hydrogens is 398 g/mol. The highest BCUT2D eigenvalue weighted by Gasteiger charge is 2.09. The summed E-state index contributed by atoms with van der Waals surface area (Å²) in [7, 11) is 1.29. The molecule has 2 rings (SSSR count). The van der Waals surface area contributed by atoms with Crippen LogP contribution in [0.25, 0.3) is 0 Å². The molecule has 8 heteroatoms. The Balaban J connectivity index is 1.64. The van der Waals surface area contributed by atoms with Crippen LogP contribution >= 0.6 is 11.6 Å². The Hall–Kier alpha value is -3.06. The third-order valence-electron chi connectivity index (χ3n) is 3.88. The Bertz CT molecular complexity index is 866. The highest BCUT2D eigenvalue weighted by Crippen LogP contribution is 2.21. The monoisotopic (exact) mass is 419 g/mol. The fourth-order valence-electron chi connectivity index (χ4n) is 2.34. The normalized spacial score (nSPS) is 10.2. The van der Waals surface area contributed by atoms with E-state index in [4.69, 9.17) is 21.1 Å². The molecular formula is C21H22ClNO6. The molecule has 7 nitrogen and oxygen atoms in total. The van der Waals surface area contributed by atoms with Gasteiger partial charge < -0.3 is 19.5 Å². The third kappa shape index (κ3) is 7.46. The molecule has 0 aliphatic rings. The molecule has 2 aromatic rings. The topological polar surface area (TPSA) is 90.9 Å². The first-order chi connectivity index (χ1) is 13.9. The number of carbonyl (C=O) groups is 3. The SMILES string of the molecule is COC(=O)c1ccc(NC(=O)COC(=O)CCCOc2ccc(Cl)c(C)c2)cc1. The van der Waals surface area contributed by atoms with Crippen molar-refractivity contribution in [2.24, 2.45) is 0 Å². The van der Waals surface area contributed by atoms with Gasteiger partial charge in [0.1, 0.15) is 5.75 Å². The average molecular weight is 420 g/mol. The maximum absolute atomic E-state index is 11.9. The molecule has 1 amide bonds. The highest BCUT2D eigenvalue weighted by atomic mass is 35.5. The number of anilines is 1. The second kappa shape index (κ2) is 11.1. The van der Waals surface area contributed by atoms with Crippen LogP contribution < -0.4 is 10.1 Å². The molecule has 0 aromatic heterocycles. The van der Waals surface area contributed by atoms with E-state index in [2.05, 4.69) is 10.1 Å². The van der Waals surface area contributed by atoms with Crippen molar-refractivity contribution in [2.75, 3.05) is 25.6 Å². The van der Waals surface area contributed by atoms with Gasteiger partial charge in [-0.05, 0) is 61.4 Å². The van der Waals surface area contributed by atoms with Gasteiger partial charge in [-0.3, -0.25) is 9.59 Å². The number of nitrogens with one attached hydrogen (secondary N) is 1. The molecule has 0 heterocycles. The average Bonchev–Trinajstić information content (AvgIpc) is 2.72. The molecule has 0 radical (unpaired) electrons. The van der Waals surface area contributed by atoms with Crippen LogP contribution in [0.3, 0.4) is 0 Å². The molecule has 0 atom stereocenters. The zero-order chi connectivity index (χ0) is 21.2. The molecule has 0 unspecified atom stereocenters. The molecule has 0 saturated carbocycles. The van der Waals surface area contributed by atoms with E-state index in [9.17, 15) is 14.4 Å². The quantitative estimate of drug-likeness (QED) is 0.491. The minimum absolute atomic E-state index is 0.133. The maximum atomic E-state index is 11.9. The predicted octanol–water partition coefficient (Wildman–Crippen LogP) is 3.78. The lowest BCUT2D eigenvalue weighted by Crippen LogP contribution is -2.21. The first-order valence-electron chi connectivity index (χ1n) is 8.92. The van der Waals surface area contributed by atoms with E-state index >= 15 is 0 Å². The molecule has 29 heavy (non-hydrogen) atoms. The summed E-state index contributed by atoms with van der Waals surface area (Å²) in [5, 5.41) is 3.24. The van der Waals surface area contributed by atoms with Crippen molar-refractivity contribution in [2.45, 2.75) is 19.8 Å². The molecule has 0 spiro atoms. The molecule has 0 aliphatic heterocycles. The van der Waals surface area contributed by atoms with Gasteiger partial charge in [-0.1, -0.05) is 11.6 Å². The van der Waals surface area contributed by atoms with E-state index in [0.717, 1.165) is 5.56 Å². The van der Waals surface area contributed by atoms with Gasteiger partial charge in [-0.2, -0.15) is 0 Å². The summed E-state index contributed by atoms with van der Waals surface area (Å²) >= 11 is 5.95. The van der Waals surface area contributed by atoms with Crippen LogP contribution in [0.2, 0.25) is 5.02 Å². The zero-order valence-corrected chi connectivity index (χ0v) is 17.0. The minimum Gasteiger partial charge on any atom is -0.494 e. The van der Waals surface area contributed by atoms with E-state index in [0.29, 0.717) is 35.1 Å². The van der Waals surface area contributed by atoms with E-state index < -0.39 is 24.5 Å². The summed E-state index contributed by atoms with van der Waals surface area (Å²) in [5.41, 5.74) is 1.76. The smallest absolute Gasteiger partial charge is 0.337 e. The molecule has 0 bridgehead atoms. The molecule has 0 aliphatic carbocycles. The van der Waals surface area contributed by atoms with Crippen LogP contribution in [0.5, 0.6) is 5.75 Å². The summed E-state index contributed by atoms with van der Waals surface area (Å²) in [6, 6.07) is 11.5. The Labute approximate surface area is 173 Å². The number of benzene rings is 2. The largest absolute Gasteiger partial charge is 0.494 e. The van der Waals surface area contributed by atoms with Crippen LogP contribution in [0.1, 0.15) is 28.8 Å². The van der Waals surface area contributed by atoms with Crippen LogP contribution in [-0.4, -0.2) is 38.2 Å². The Morgan fingerprint density at radius 3 is 2.45 bits per heavy atom. The number of amides is 1. The highest BCUT2D eigenvalue weighted by molar-refractivity contribution is 6.31. The first kappa shape index (κ1) is 22.2. The van der Waals surface area contributed by atoms with Gasteiger partial charge in [0.05, 0.1) is 19.3 Å². The molecule has 154 valence electrons. The van der Waals surface area contributed by atoms with Gasteiger partial charge in [-0.15, -0.1) is 0 Å². The van der Waals surface area contributed by atoms with Crippen molar-refractivity contribution < 1.29 is 28.6 Å². The number of ether oxygens (including phenoxy) is 3. The number of halogens is 1. The standard InChI is InChI=1S/C21H22ClNO6/c1-14-12-17(9-10-18(14)22)28-11-3-4-20(25)29-13-19(24)23-16-7-5-15(6-8-16)21(26)27-2/h5-10,12H,3-4,11,13H2,1-2H3,(H,23,24). The Morgan fingerprint density at radius 2 is 1.79 bits per heavy atom.